The first kappa shape index (κ1) is 60.5. The van der Waals surface area contributed by atoms with Crippen LogP contribution in [0.15, 0.2) is 53.5 Å². The van der Waals surface area contributed by atoms with Gasteiger partial charge in [0.25, 0.3) is 0 Å². The number of phenols is 1. The number of benzene rings is 2. The number of esters is 1. The highest BCUT2D eigenvalue weighted by Crippen LogP contribution is 2.82. The van der Waals surface area contributed by atoms with E-state index in [4.69, 9.17) is 20.2 Å². The number of nitrogens with zero attached hydrogens (tertiary/aromatic N) is 2. The van der Waals surface area contributed by atoms with Crippen molar-refractivity contribution in [3.8, 4) is 11.5 Å². The van der Waals surface area contributed by atoms with Crippen LogP contribution < -0.4 is 21.1 Å². The van der Waals surface area contributed by atoms with Crippen LogP contribution in [-0.4, -0.2) is 87.6 Å². The zero-order chi connectivity index (χ0) is 60.7. The molecule has 8 spiro atoms. The lowest BCUT2D eigenvalue weighted by Gasteiger charge is -2.60. The fraction of sp³-hybridized carbons (Fsp3) is 0.776. The summed E-state index contributed by atoms with van der Waals surface area (Å²) in [4.78, 5) is 36.0. The molecule has 19 rings (SSSR count). The number of aryl methyl sites for hydroxylation is 1. The van der Waals surface area contributed by atoms with E-state index in [0.717, 1.165) is 93.4 Å². The van der Waals surface area contributed by atoms with E-state index in [1.54, 1.807) is 6.92 Å². The molecular weight excluding hydrogens is 1140 g/mol. The maximum atomic E-state index is 15.1. The SMILES string of the molecule is CNC[C@H]1CCC[C@@]12CC[C@@]1(CC[C@@]3(C[C@@H]4CC[C@@H]3CSS[C@@]3(CCCC35CCCC5)NC(N)=NC[C@H]3CC[C@H](c5ccccc5)[C@]35CC(=O)N(Cc3cc(c6c(c3O)O[C@]37C=C[C@H]6C[C@@H]3CCC7)CC[C@]3(OC(C)=O)CC[C@H]4[C@H](O)C3)C5)C13CCCC3)C2. The predicted octanol–water partition coefficient (Wildman–Crippen LogP) is 15.3. The minimum absolute atomic E-state index is 0.0855. The maximum Gasteiger partial charge on any atom is 0.303 e. The first-order valence-corrected chi connectivity index (χ1v) is 39.0. The van der Waals surface area contributed by atoms with E-state index in [1.165, 1.54) is 140 Å². The summed E-state index contributed by atoms with van der Waals surface area (Å²) in [5.74, 6) is 5.16. The number of hydrogen-bond donors (Lipinski definition) is 5. The number of aliphatic hydroxyl groups excluding tert-OH is 1. The van der Waals surface area contributed by atoms with Crippen LogP contribution in [0, 0.1) is 68.0 Å². The van der Waals surface area contributed by atoms with Crippen LogP contribution in [0.5, 0.6) is 11.5 Å². The highest BCUT2D eigenvalue weighted by atomic mass is 33.1. The van der Waals surface area contributed by atoms with E-state index in [9.17, 15) is 15.0 Å². The Bertz CT molecular complexity index is 3100. The molecule has 13 heteroatoms. The topological polar surface area (TPSA) is 159 Å². The Morgan fingerprint density at radius 1 is 0.831 bits per heavy atom. The molecule has 89 heavy (non-hydrogen) atoms. The predicted molar refractivity (Wildman–Crippen MR) is 356 cm³/mol. The van der Waals surface area contributed by atoms with Crippen molar-refractivity contribution >= 4 is 39.4 Å². The number of guanidine groups is 1. The van der Waals surface area contributed by atoms with E-state index in [2.05, 4.69) is 92.7 Å². The number of nitrogens with one attached hydrogen (secondary N) is 2. The van der Waals surface area contributed by atoms with Gasteiger partial charge in [0, 0.05) is 78.9 Å². The number of allylic oxidation sites excluding steroid dienone is 1. The van der Waals surface area contributed by atoms with Gasteiger partial charge in [0.15, 0.2) is 17.5 Å². The molecular formula is C76H107N5O6S2. The highest BCUT2D eigenvalue weighted by molar-refractivity contribution is 8.77. The summed E-state index contributed by atoms with van der Waals surface area (Å²) in [6, 6.07) is 13.1. The molecule has 11 aliphatic carbocycles. The summed E-state index contributed by atoms with van der Waals surface area (Å²) in [7, 11) is 6.58. The second-order valence-electron chi connectivity index (χ2n) is 33.3. The van der Waals surface area contributed by atoms with Gasteiger partial charge in [0.1, 0.15) is 16.1 Å². The van der Waals surface area contributed by atoms with Crippen molar-refractivity contribution in [2.75, 3.05) is 32.4 Å². The second kappa shape index (κ2) is 22.6. The Labute approximate surface area is 540 Å². The van der Waals surface area contributed by atoms with E-state index < -0.39 is 17.3 Å². The molecule has 6 aliphatic heterocycles. The Hall–Kier alpha value is -3.39. The number of phenolic OH excluding ortho intramolecular Hbond substituents is 1. The number of carbonyl (C=O) groups is 2. The summed E-state index contributed by atoms with van der Waals surface area (Å²) in [5.41, 5.74) is 11.6. The van der Waals surface area contributed by atoms with Crippen molar-refractivity contribution < 1.29 is 29.3 Å². The number of hydrogen-bond acceptors (Lipinski definition) is 12. The lowest BCUT2D eigenvalue weighted by molar-refractivity contribution is -0.173. The van der Waals surface area contributed by atoms with E-state index in [-0.39, 0.29) is 69.0 Å². The van der Waals surface area contributed by atoms with Gasteiger partial charge in [-0.15, -0.1) is 0 Å². The van der Waals surface area contributed by atoms with Crippen molar-refractivity contribution in [3.63, 3.8) is 0 Å². The summed E-state index contributed by atoms with van der Waals surface area (Å²) in [5, 5.41) is 33.9. The van der Waals surface area contributed by atoms with E-state index in [1.807, 2.05) is 0 Å². The first-order valence-electron chi connectivity index (χ1n) is 36.6. The van der Waals surface area contributed by atoms with Gasteiger partial charge in [0.05, 0.1) is 6.10 Å². The third-order valence-corrected chi connectivity index (χ3v) is 33.4. The average molecular weight is 1250 g/mol. The number of aromatic hydroxyl groups is 1. The normalized spacial score (nSPS) is 43.6. The van der Waals surface area contributed by atoms with Crippen molar-refractivity contribution in [1.29, 1.82) is 0 Å². The number of nitrogens with two attached hydrogens (primary N) is 1. The number of aliphatic hydroxyl groups is 1. The average Bonchev–Trinajstić information content (AvgIpc) is 1.52. The molecule has 6 heterocycles. The quantitative estimate of drug-likeness (QED) is 0.113. The first-order chi connectivity index (χ1) is 43.1. The molecule has 0 unspecified atom stereocenters. The Balaban J connectivity index is 0.794. The number of amides is 1. The summed E-state index contributed by atoms with van der Waals surface area (Å²) in [6.45, 7) is 4.17. The summed E-state index contributed by atoms with van der Waals surface area (Å²) < 4.78 is 14.0. The van der Waals surface area contributed by atoms with Crippen molar-refractivity contribution in [1.82, 2.24) is 15.5 Å². The fourth-order valence-electron chi connectivity index (χ4n) is 26.3. The Morgan fingerprint density at radius 3 is 2.45 bits per heavy atom. The van der Waals surface area contributed by atoms with Crippen molar-refractivity contribution in [2.24, 2.45) is 78.7 Å². The maximum absolute atomic E-state index is 15.1. The number of carbonyl (C=O) groups excluding carboxylic acids is 2. The smallest absolute Gasteiger partial charge is 0.303 e. The van der Waals surface area contributed by atoms with Gasteiger partial charge >= 0.3 is 5.97 Å². The molecule has 10 bridgehead atoms. The third kappa shape index (κ3) is 9.42. The molecule has 0 aromatic heterocycles. The van der Waals surface area contributed by atoms with Gasteiger partial charge in [-0.3, -0.25) is 14.6 Å². The monoisotopic (exact) mass is 1250 g/mol. The van der Waals surface area contributed by atoms with Crippen LogP contribution in [0.25, 0.3) is 0 Å². The van der Waals surface area contributed by atoms with Gasteiger partial charge in [0.2, 0.25) is 5.91 Å². The molecule has 17 aliphatic rings. The molecule has 2 aromatic carbocycles. The van der Waals surface area contributed by atoms with Crippen LogP contribution in [0.4, 0.5) is 0 Å². The van der Waals surface area contributed by atoms with Crippen LogP contribution in [0.3, 0.4) is 0 Å². The largest absolute Gasteiger partial charge is 0.504 e. The van der Waals surface area contributed by atoms with Crippen LogP contribution in [0.1, 0.15) is 253 Å². The van der Waals surface area contributed by atoms with Gasteiger partial charge in [-0.2, -0.15) is 0 Å². The van der Waals surface area contributed by atoms with Crippen molar-refractivity contribution in [2.45, 2.75) is 266 Å². The molecule has 1 amide bonds. The standard InChI is InChI=1S/C76H107N5O6S2/c1-50(82)86-71-32-21-52-39-55(65(85)66-64(52)53-22-34-74(87-66)28-11-15-56(74)40-53)46-81-49-72(43-63(81)84)58(19-20-61(72)51-13-4-3-5-14-51)45-79-67(77)80-76(31-12-27-69(76)25-6-7-26-69)89-88-47-59-18-17-54(60(23-33-71)62(83)42-71)41-73(59)38-37-70(75(73)29-8-9-30-75)36-35-68(48-70)24-10-16-57(68)44-78-2/h3-5,13-14,22,34,39,53-54,56-62,78,83,85H,6-12,15-21,23-33,35-38,40-49H2,1-2H3,(H3,77,79,80)/t53-,54-,56-,57+,58+,59+,60+,61+,62+,68-,70+,71-,72-,73-,74+,76+/m0/s1. The minimum Gasteiger partial charge on any atom is -0.504 e. The highest BCUT2D eigenvalue weighted by Gasteiger charge is 2.73. The molecule has 11 nitrogen and oxygen atoms in total. The Morgan fingerprint density at radius 2 is 1.63 bits per heavy atom. The molecule has 16 atom stereocenters. The number of fused-ring (bicyclic) bond motifs is 3. The molecule has 11 fully saturated rings. The molecule has 10 saturated carbocycles. The van der Waals surface area contributed by atoms with Gasteiger partial charge in [-0.05, 0) is 267 Å². The summed E-state index contributed by atoms with van der Waals surface area (Å²) in [6.07, 6.45) is 42.8. The second-order valence-corrected chi connectivity index (χ2v) is 36.0. The van der Waals surface area contributed by atoms with Crippen LogP contribution >= 0.6 is 21.6 Å². The molecule has 6 N–H and O–H groups in total. The molecule has 0 radical (unpaired) electrons. The molecule has 1 saturated heterocycles. The zero-order valence-corrected chi connectivity index (χ0v) is 55.8. The fourth-order valence-corrected chi connectivity index (χ4v) is 30.3. The zero-order valence-electron chi connectivity index (χ0n) is 54.2. The van der Waals surface area contributed by atoms with Gasteiger partial charge in [-0.25, -0.2) is 0 Å². The van der Waals surface area contributed by atoms with E-state index in [0.29, 0.717) is 84.5 Å². The third-order valence-electron chi connectivity index (χ3n) is 30.1. The van der Waals surface area contributed by atoms with Gasteiger partial charge < -0.3 is 41.0 Å². The number of rotatable bonds is 4. The molecule has 2 aromatic rings. The Kier molecular flexibility index (Phi) is 15.4. The van der Waals surface area contributed by atoms with Crippen LogP contribution in [-0.2, 0) is 27.3 Å². The lowest BCUT2D eigenvalue weighted by atomic mass is 9.45. The van der Waals surface area contributed by atoms with Crippen LogP contribution in [0.2, 0.25) is 0 Å². The van der Waals surface area contributed by atoms with E-state index >= 15 is 4.79 Å². The number of ether oxygens (including phenoxy) is 2. The number of aliphatic imine (C=N–C) groups is 1. The van der Waals surface area contributed by atoms with Crippen molar-refractivity contribution in [3.05, 3.63) is 70.8 Å². The van der Waals surface area contributed by atoms with Gasteiger partial charge in [-0.1, -0.05) is 90.1 Å². The summed E-state index contributed by atoms with van der Waals surface area (Å²) >= 11 is 0. The minimum atomic E-state index is -0.823. The molecule has 484 valence electrons. The lowest BCUT2D eigenvalue weighted by Crippen LogP contribution is -2.56.